The molecule has 3 rings (SSSR count). The summed E-state index contributed by atoms with van der Waals surface area (Å²) in [6.07, 6.45) is 3.89. The second kappa shape index (κ2) is 6.66. The highest BCUT2D eigenvalue weighted by molar-refractivity contribution is 5.28. The van der Waals surface area contributed by atoms with Crippen LogP contribution in [0.25, 0.3) is 0 Å². The van der Waals surface area contributed by atoms with E-state index in [4.69, 9.17) is 14.3 Å². The summed E-state index contributed by atoms with van der Waals surface area (Å²) < 4.78 is 10.9. The molecule has 24 heavy (non-hydrogen) atoms. The topological polar surface area (TPSA) is 34.2 Å². The number of epoxide rings is 1. The molecule has 2 unspecified atom stereocenters. The van der Waals surface area contributed by atoms with E-state index in [-0.39, 0.29) is 23.3 Å². The average molecular weight is 333 g/mol. The summed E-state index contributed by atoms with van der Waals surface area (Å²) in [5.41, 5.74) is 1.29. The van der Waals surface area contributed by atoms with Crippen molar-refractivity contribution in [3.63, 3.8) is 0 Å². The largest absolute Gasteiger partial charge is 0.491 e. The van der Waals surface area contributed by atoms with Crippen LogP contribution in [0.5, 0.6) is 5.75 Å². The molecular weight excluding hydrogens is 302 g/mol. The highest BCUT2D eigenvalue weighted by Crippen LogP contribution is 2.40. The second-order valence-corrected chi connectivity index (χ2v) is 8.36. The first-order valence-electron chi connectivity index (χ1n) is 9.09. The van der Waals surface area contributed by atoms with E-state index in [1.54, 1.807) is 0 Å². The van der Waals surface area contributed by atoms with Crippen LogP contribution in [0.2, 0.25) is 0 Å². The van der Waals surface area contributed by atoms with Gasteiger partial charge in [-0.15, -0.1) is 0 Å². The van der Waals surface area contributed by atoms with Gasteiger partial charge in [0.25, 0.3) is 0 Å². The Morgan fingerprint density at radius 3 is 2.25 bits per heavy atom. The molecule has 4 heteroatoms. The molecule has 1 aromatic rings. The molecule has 0 bridgehead atoms. The minimum Gasteiger partial charge on any atom is -0.491 e. The molecular formula is C20H31NO3. The van der Waals surface area contributed by atoms with Crippen LogP contribution in [-0.2, 0) is 9.57 Å². The van der Waals surface area contributed by atoms with Gasteiger partial charge in [0.15, 0.2) is 0 Å². The fourth-order valence-corrected chi connectivity index (χ4v) is 3.67. The predicted molar refractivity (Wildman–Crippen MR) is 95.0 cm³/mol. The maximum absolute atomic E-state index is 6.43. The lowest BCUT2D eigenvalue weighted by Gasteiger charge is -2.52. The molecule has 0 amide bonds. The van der Waals surface area contributed by atoms with Gasteiger partial charge in [0.05, 0.1) is 6.61 Å². The minimum atomic E-state index is 0.0162. The van der Waals surface area contributed by atoms with Gasteiger partial charge >= 0.3 is 0 Å². The number of nitrogens with zero attached hydrogens (tertiary/aromatic N) is 1. The molecule has 134 valence electrons. The quantitative estimate of drug-likeness (QED) is 0.718. The molecule has 0 saturated carbocycles. The van der Waals surface area contributed by atoms with Crippen LogP contribution >= 0.6 is 0 Å². The third-order valence-electron chi connectivity index (χ3n) is 5.13. The van der Waals surface area contributed by atoms with Gasteiger partial charge in [-0.25, -0.2) is 0 Å². The van der Waals surface area contributed by atoms with Crippen molar-refractivity contribution in [2.45, 2.75) is 77.2 Å². The van der Waals surface area contributed by atoms with E-state index in [1.165, 1.54) is 24.8 Å². The van der Waals surface area contributed by atoms with Crippen LogP contribution in [0.15, 0.2) is 24.3 Å². The van der Waals surface area contributed by atoms with E-state index in [2.05, 4.69) is 51.8 Å². The lowest BCUT2D eigenvalue weighted by Crippen LogP contribution is -2.58. The molecule has 0 aliphatic carbocycles. The van der Waals surface area contributed by atoms with Crippen molar-refractivity contribution in [1.29, 1.82) is 0 Å². The number of hydrogen-bond acceptors (Lipinski definition) is 4. The first-order valence-corrected chi connectivity index (χ1v) is 9.09. The zero-order valence-electron chi connectivity index (χ0n) is 15.7. The monoisotopic (exact) mass is 333 g/mol. The molecule has 2 saturated heterocycles. The summed E-state index contributed by atoms with van der Waals surface area (Å²) in [5, 5.41) is 2.23. The summed E-state index contributed by atoms with van der Waals surface area (Å²) in [6, 6.07) is 8.23. The van der Waals surface area contributed by atoms with Crippen molar-refractivity contribution in [2.75, 3.05) is 13.2 Å². The van der Waals surface area contributed by atoms with Crippen LogP contribution in [0.1, 0.15) is 65.5 Å². The Hall–Kier alpha value is -1.10. The Morgan fingerprint density at radius 1 is 1.12 bits per heavy atom. The number of benzene rings is 1. The highest BCUT2D eigenvalue weighted by atomic mass is 16.7. The Morgan fingerprint density at radius 2 is 1.71 bits per heavy atom. The molecule has 0 spiro atoms. The van der Waals surface area contributed by atoms with Gasteiger partial charge in [0.2, 0.25) is 0 Å². The summed E-state index contributed by atoms with van der Waals surface area (Å²) in [6.45, 7) is 12.7. The van der Waals surface area contributed by atoms with E-state index in [9.17, 15) is 0 Å². The maximum atomic E-state index is 6.43. The van der Waals surface area contributed by atoms with Gasteiger partial charge < -0.3 is 9.47 Å². The van der Waals surface area contributed by atoms with Crippen molar-refractivity contribution in [1.82, 2.24) is 5.06 Å². The first-order chi connectivity index (χ1) is 11.3. The molecule has 0 N–H and O–H groups in total. The normalized spacial score (nSPS) is 26.8. The van der Waals surface area contributed by atoms with Crippen molar-refractivity contribution in [3.05, 3.63) is 29.8 Å². The Kier molecular flexibility index (Phi) is 4.92. The molecule has 0 radical (unpaired) electrons. The molecule has 0 aromatic heterocycles. The third-order valence-corrected chi connectivity index (χ3v) is 5.13. The third kappa shape index (κ3) is 4.11. The summed E-state index contributed by atoms with van der Waals surface area (Å²) in [4.78, 5) is 6.43. The SMILES string of the molecule is CC(ON1C(C)(C)CCCC1(C)C)c1ccc(OCC2CO2)cc1. The molecule has 2 atom stereocenters. The number of piperidine rings is 1. The van der Waals surface area contributed by atoms with Crippen LogP contribution in [0, 0.1) is 0 Å². The average Bonchev–Trinajstić information content (AvgIpc) is 3.33. The standard InChI is InChI=1S/C20H31NO3/c1-15(24-21-19(2,3)11-6-12-20(21,4)5)16-7-9-17(10-8-16)22-13-18-14-23-18/h7-10,15,18H,6,11-14H2,1-5H3. The fourth-order valence-electron chi connectivity index (χ4n) is 3.67. The van der Waals surface area contributed by atoms with Crippen molar-refractivity contribution in [2.24, 2.45) is 0 Å². The van der Waals surface area contributed by atoms with Crippen LogP contribution < -0.4 is 4.74 Å². The predicted octanol–water partition coefficient (Wildman–Crippen LogP) is 4.50. The van der Waals surface area contributed by atoms with E-state index >= 15 is 0 Å². The molecule has 4 nitrogen and oxygen atoms in total. The number of rotatable bonds is 6. The van der Waals surface area contributed by atoms with Crippen LogP contribution in [0.3, 0.4) is 0 Å². The molecule has 1 aromatic carbocycles. The van der Waals surface area contributed by atoms with Crippen molar-refractivity contribution >= 4 is 0 Å². The van der Waals surface area contributed by atoms with E-state index in [0.29, 0.717) is 6.61 Å². The smallest absolute Gasteiger partial charge is 0.119 e. The van der Waals surface area contributed by atoms with Gasteiger partial charge in [-0.05, 0) is 71.6 Å². The molecule has 2 aliphatic heterocycles. The van der Waals surface area contributed by atoms with Gasteiger partial charge in [-0.2, -0.15) is 5.06 Å². The fraction of sp³-hybridized carbons (Fsp3) is 0.700. The Balaban J connectivity index is 1.63. The number of hydroxylamine groups is 2. The summed E-state index contributed by atoms with van der Waals surface area (Å²) >= 11 is 0. The lowest BCUT2D eigenvalue weighted by molar-refractivity contribution is -0.304. The minimum absolute atomic E-state index is 0.0162. The van der Waals surface area contributed by atoms with Gasteiger partial charge in [-0.3, -0.25) is 4.84 Å². The first kappa shape index (κ1) is 17.7. The summed E-state index contributed by atoms with van der Waals surface area (Å²) in [5.74, 6) is 0.889. The Bertz CT molecular complexity index is 533. The van der Waals surface area contributed by atoms with Crippen LogP contribution in [-0.4, -0.2) is 35.5 Å². The van der Waals surface area contributed by atoms with Gasteiger partial charge in [0, 0.05) is 11.1 Å². The van der Waals surface area contributed by atoms with E-state index in [1.807, 2.05) is 12.1 Å². The summed E-state index contributed by atoms with van der Waals surface area (Å²) in [7, 11) is 0. The molecule has 2 fully saturated rings. The van der Waals surface area contributed by atoms with Crippen molar-refractivity contribution in [3.8, 4) is 5.75 Å². The van der Waals surface area contributed by atoms with Crippen molar-refractivity contribution < 1.29 is 14.3 Å². The zero-order valence-corrected chi connectivity index (χ0v) is 15.7. The van der Waals surface area contributed by atoms with Gasteiger partial charge in [0.1, 0.15) is 24.6 Å². The maximum Gasteiger partial charge on any atom is 0.119 e. The van der Waals surface area contributed by atoms with E-state index in [0.717, 1.165) is 12.4 Å². The number of ether oxygens (including phenoxy) is 2. The van der Waals surface area contributed by atoms with E-state index < -0.39 is 0 Å². The van der Waals surface area contributed by atoms with Crippen LogP contribution in [0.4, 0.5) is 0 Å². The Labute approximate surface area is 146 Å². The number of hydrogen-bond donors (Lipinski definition) is 0. The second-order valence-electron chi connectivity index (χ2n) is 8.36. The zero-order chi connectivity index (χ0) is 17.4. The highest BCUT2D eigenvalue weighted by Gasteiger charge is 2.43. The van der Waals surface area contributed by atoms with Gasteiger partial charge in [-0.1, -0.05) is 12.1 Å². The molecule has 2 heterocycles. The molecule has 2 aliphatic rings. The lowest BCUT2D eigenvalue weighted by atomic mass is 9.82.